The van der Waals surface area contributed by atoms with Crippen molar-refractivity contribution in [1.82, 2.24) is 5.32 Å². The highest BCUT2D eigenvalue weighted by molar-refractivity contribution is 6.31. The molecule has 0 saturated carbocycles. The zero-order chi connectivity index (χ0) is 11.4. The molecular formula is C10H10ClNO3. The zero-order valence-electron chi connectivity index (χ0n) is 8.08. The number of carbonyl (C=O) groups excluding carboxylic acids is 1. The Bertz CT molecular complexity index is 404. The molecule has 0 aliphatic rings. The van der Waals surface area contributed by atoms with E-state index < -0.39 is 18.4 Å². The number of hydrogen-bond acceptors (Lipinski definition) is 2. The van der Waals surface area contributed by atoms with Crippen LogP contribution in [-0.4, -0.2) is 23.5 Å². The molecule has 1 aromatic rings. The SMILES string of the molecule is Cc1ccc(Cl)cc1C(=O)NCC(=O)O. The molecule has 0 heterocycles. The zero-order valence-corrected chi connectivity index (χ0v) is 8.84. The molecule has 0 atom stereocenters. The summed E-state index contributed by atoms with van der Waals surface area (Å²) in [5.74, 6) is -1.51. The molecule has 1 rings (SSSR count). The first-order valence-electron chi connectivity index (χ1n) is 4.27. The Morgan fingerprint density at radius 2 is 2.13 bits per heavy atom. The Labute approximate surface area is 91.9 Å². The number of benzene rings is 1. The smallest absolute Gasteiger partial charge is 0.322 e. The average Bonchev–Trinajstić information content (AvgIpc) is 2.18. The van der Waals surface area contributed by atoms with E-state index in [9.17, 15) is 9.59 Å². The van der Waals surface area contributed by atoms with E-state index in [1.165, 1.54) is 6.07 Å². The first-order chi connectivity index (χ1) is 7.00. The molecule has 15 heavy (non-hydrogen) atoms. The van der Waals surface area contributed by atoms with E-state index in [1.807, 2.05) is 0 Å². The van der Waals surface area contributed by atoms with Gasteiger partial charge in [0.2, 0.25) is 0 Å². The van der Waals surface area contributed by atoms with Crippen molar-refractivity contribution in [3.8, 4) is 0 Å². The van der Waals surface area contributed by atoms with Gasteiger partial charge < -0.3 is 10.4 Å². The Morgan fingerprint density at radius 1 is 1.47 bits per heavy atom. The van der Waals surface area contributed by atoms with Gasteiger partial charge in [-0.1, -0.05) is 17.7 Å². The van der Waals surface area contributed by atoms with E-state index in [0.717, 1.165) is 5.56 Å². The fourth-order valence-electron chi connectivity index (χ4n) is 1.09. The number of carboxylic acid groups (broad SMARTS) is 1. The van der Waals surface area contributed by atoms with Crippen LogP contribution < -0.4 is 5.32 Å². The second-order valence-electron chi connectivity index (χ2n) is 3.04. The molecular weight excluding hydrogens is 218 g/mol. The highest BCUT2D eigenvalue weighted by Crippen LogP contribution is 2.14. The number of carboxylic acids is 1. The van der Waals surface area contributed by atoms with Crippen LogP contribution in [0.4, 0.5) is 0 Å². The molecule has 0 aliphatic carbocycles. The third-order valence-corrected chi connectivity index (χ3v) is 2.08. The molecule has 0 aromatic heterocycles. The minimum Gasteiger partial charge on any atom is -0.480 e. The summed E-state index contributed by atoms with van der Waals surface area (Å²) >= 11 is 5.73. The first-order valence-corrected chi connectivity index (χ1v) is 4.64. The molecule has 1 amide bonds. The van der Waals surface area contributed by atoms with Gasteiger partial charge in [-0.2, -0.15) is 0 Å². The predicted octanol–water partition coefficient (Wildman–Crippen LogP) is 1.46. The van der Waals surface area contributed by atoms with Gasteiger partial charge in [0.05, 0.1) is 0 Å². The fraction of sp³-hybridized carbons (Fsp3) is 0.200. The topological polar surface area (TPSA) is 66.4 Å². The molecule has 0 bridgehead atoms. The van der Waals surface area contributed by atoms with Crippen LogP contribution in [0.25, 0.3) is 0 Å². The Morgan fingerprint density at radius 3 is 2.73 bits per heavy atom. The van der Waals surface area contributed by atoms with Crippen LogP contribution >= 0.6 is 11.6 Å². The number of rotatable bonds is 3. The normalized spacial score (nSPS) is 9.73. The number of nitrogens with one attached hydrogen (secondary N) is 1. The molecule has 0 unspecified atom stereocenters. The van der Waals surface area contributed by atoms with Crippen molar-refractivity contribution in [2.75, 3.05) is 6.54 Å². The lowest BCUT2D eigenvalue weighted by Crippen LogP contribution is -2.29. The van der Waals surface area contributed by atoms with E-state index in [4.69, 9.17) is 16.7 Å². The quantitative estimate of drug-likeness (QED) is 0.822. The second kappa shape index (κ2) is 4.79. The van der Waals surface area contributed by atoms with Gasteiger partial charge in [-0.25, -0.2) is 0 Å². The van der Waals surface area contributed by atoms with Crippen LogP contribution in [0.2, 0.25) is 5.02 Å². The number of amides is 1. The van der Waals surface area contributed by atoms with E-state index >= 15 is 0 Å². The molecule has 5 heteroatoms. The maximum Gasteiger partial charge on any atom is 0.322 e. The summed E-state index contributed by atoms with van der Waals surface area (Å²) in [5.41, 5.74) is 1.14. The summed E-state index contributed by atoms with van der Waals surface area (Å²) in [6.07, 6.45) is 0. The van der Waals surface area contributed by atoms with E-state index in [0.29, 0.717) is 10.6 Å². The van der Waals surface area contributed by atoms with Crippen molar-refractivity contribution in [3.05, 3.63) is 34.3 Å². The largest absolute Gasteiger partial charge is 0.480 e. The van der Waals surface area contributed by atoms with Gasteiger partial charge in [0.15, 0.2) is 0 Å². The van der Waals surface area contributed by atoms with E-state index in [-0.39, 0.29) is 0 Å². The third-order valence-electron chi connectivity index (χ3n) is 1.84. The average molecular weight is 228 g/mol. The van der Waals surface area contributed by atoms with Gasteiger partial charge in [0, 0.05) is 10.6 Å². The van der Waals surface area contributed by atoms with Gasteiger partial charge in [-0.05, 0) is 24.6 Å². The molecule has 2 N–H and O–H groups in total. The maximum absolute atomic E-state index is 11.5. The van der Waals surface area contributed by atoms with Gasteiger partial charge >= 0.3 is 5.97 Å². The highest BCUT2D eigenvalue weighted by Gasteiger charge is 2.10. The molecule has 1 aromatic carbocycles. The monoisotopic (exact) mass is 227 g/mol. The molecule has 80 valence electrons. The molecule has 0 aliphatic heterocycles. The van der Waals surface area contributed by atoms with Crippen molar-refractivity contribution < 1.29 is 14.7 Å². The summed E-state index contributed by atoms with van der Waals surface area (Å²) < 4.78 is 0. The lowest BCUT2D eigenvalue weighted by molar-refractivity contribution is -0.135. The third kappa shape index (κ3) is 3.25. The lowest BCUT2D eigenvalue weighted by atomic mass is 10.1. The van der Waals surface area contributed by atoms with Crippen LogP contribution in [-0.2, 0) is 4.79 Å². The maximum atomic E-state index is 11.5. The molecule has 0 spiro atoms. The summed E-state index contributed by atoms with van der Waals surface area (Å²) in [5, 5.41) is 11.1. The van der Waals surface area contributed by atoms with Crippen molar-refractivity contribution in [3.63, 3.8) is 0 Å². The summed E-state index contributed by atoms with van der Waals surface area (Å²) in [6.45, 7) is 1.36. The van der Waals surface area contributed by atoms with Crippen LogP contribution in [0, 0.1) is 6.92 Å². The minimum atomic E-state index is -1.08. The number of hydrogen-bond donors (Lipinski definition) is 2. The Balaban J connectivity index is 2.81. The second-order valence-corrected chi connectivity index (χ2v) is 3.47. The lowest BCUT2D eigenvalue weighted by Gasteiger charge is -2.05. The Hall–Kier alpha value is -1.55. The van der Waals surface area contributed by atoms with Crippen molar-refractivity contribution >= 4 is 23.5 Å². The standard InChI is InChI=1S/C10H10ClNO3/c1-6-2-3-7(11)4-8(6)10(15)12-5-9(13)14/h2-4H,5H2,1H3,(H,12,15)(H,13,14). The van der Waals surface area contributed by atoms with Gasteiger partial charge in [0.1, 0.15) is 6.54 Å². The number of aryl methyl sites for hydroxylation is 1. The predicted molar refractivity (Wildman–Crippen MR) is 56.2 cm³/mol. The number of aliphatic carboxylic acids is 1. The van der Waals surface area contributed by atoms with Crippen molar-refractivity contribution in [2.24, 2.45) is 0 Å². The van der Waals surface area contributed by atoms with Gasteiger partial charge in [0.25, 0.3) is 5.91 Å². The molecule has 0 saturated heterocycles. The molecule has 0 radical (unpaired) electrons. The highest BCUT2D eigenvalue weighted by atomic mass is 35.5. The van der Waals surface area contributed by atoms with Crippen LogP contribution in [0.3, 0.4) is 0 Å². The molecule has 0 fully saturated rings. The van der Waals surface area contributed by atoms with Crippen LogP contribution in [0.5, 0.6) is 0 Å². The number of halogens is 1. The van der Waals surface area contributed by atoms with Crippen molar-refractivity contribution in [2.45, 2.75) is 6.92 Å². The summed E-state index contributed by atoms with van der Waals surface area (Å²) in [6, 6.07) is 4.89. The van der Waals surface area contributed by atoms with Crippen LogP contribution in [0.15, 0.2) is 18.2 Å². The van der Waals surface area contributed by atoms with Crippen LogP contribution in [0.1, 0.15) is 15.9 Å². The van der Waals surface area contributed by atoms with E-state index in [1.54, 1.807) is 19.1 Å². The first kappa shape index (κ1) is 11.5. The minimum absolute atomic E-state index is 0.392. The van der Waals surface area contributed by atoms with Gasteiger partial charge in [-0.3, -0.25) is 9.59 Å². The van der Waals surface area contributed by atoms with E-state index in [2.05, 4.69) is 5.32 Å². The molecule has 4 nitrogen and oxygen atoms in total. The fourth-order valence-corrected chi connectivity index (χ4v) is 1.26. The van der Waals surface area contributed by atoms with Crippen molar-refractivity contribution in [1.29, 1.82) is 0 Å². The summed E-state index contributed by atoms with van der Waals surface area (Å²) in [4.78, 5) is 21.7. The van der Waals surface area contributed by atoms with Gasteiger partial charge in [-0.15, -0.1) is 0 Å². The number of carbonyl (C=O) groups is 2. The summed E-state index contributed by atoms with van der Waals surface area (Å²) in [7, 11) is 0. The Kier molecular flexibility index (Phi) is 3.68.